The standard InChI is InChI=1S/C36H55FN8O4/c1-23(2)39-35(49)41-31(33(47)44-20-18-43(7)19-21-44)25(5)26-14-15-29(28(37)22-26)40-34(48)36(6,27-12-10-8-9-11-13-27)42-32(46)30-16-17-38-45(30)24(3)4/h14-17,22-25,27,31H,8-13,18-21H2,1-7H3,(H,40,48)(H,42,46)(H2,39,41,49)/t25-,31+,36+/m0/s1. The lowest BCUT2D eigenvalue weighted by Crippen LogP contribution is -2.59. The molecule has 0 unspecified atom stereocenters. The third kappa shape index (κ3) is 9.37. The highest BCUT2D eigenvalue weighted by Crippen LogP contribution is 2.34. The molecule has 0 spiro atoms. The Hall–Kier alpha value is -4.00. The molecule has 13 heteroatoms. The lowest BCUT2D eigenvalue weighted by molar-refractivity contribution is -0.135. The summed E-state index contributed by atoms with van der Waals surface area (Å²) in [5.41, 5.74) is -0.507. The van der Waals surface area contributed by atoms with E-state index in [9.17, 15) is 19.2 Å². The van der Waals surface area contributed by atoms with E-state index in [2.05, 4.69) is 31.3 Å². The molecule has 1 aliphatic heterocycles. The van der Waals surface area contributed by atoms with Crippen molar-refractivity contribution in [2.24, 2.45) is 5.92 Å². The minimum absolute atomic E-state index is 0.0327. The summed E-state index contributed by atoms with van der Waals surface area (Å²) in [4.78, 5) is 58.1. The Bertz CT molecular complexity index is 1460. The number of likely N-dealkylation sites (N-methyl/N-ethyl adjacent to an activating group) is 1. The van der Waals surface area contributed by atoms with Crippen LogP contribution in [0.15, 0.2) is 30.5 Å². The zero-order chi connectivity index (χ0) is 35.9. The van der Waals surface area contributed by atoms with Gasteiger partial charge in [-0.25, -0.2) is 9.18 Å². The van der Waals surface area contributed by atoms with Crippen molar-refractivity contribution in [3.05, 3.63) is 47.5 Å². The monoisotopic (exact) mass is 682 g/mol. The van der Waals surface area contributed by atoms with Gasteiger partial charge < -0.3 is 31.1 Å². The first-order valence-electron chi connectivity index (χ1n) is 17.7. The first-order valence-corrected chi connectivity index (χ1v) is 17.7. The van der Waals surface area contributed by atoms with Crippen LogP contribution in [0.3, 0.4) is 0 Å². The third-order valence-electron chi connectivity index (χ3n) is 9.96. The molecule has 1 saturated carbocycles. The molecule has 12 nitrogen and oxygen atoms in total. The summed E-state index contributed by atoms with van der Waals surface area (Å²) < 4.78 is 17.5. The topological polar surface area (TPSA) is 141 Å². The van der Waals surface area contributed by atoms with E-state index in [1.807, 2.05) is 34.7 Å². The number of carbonyl (C=O) groups excluding carboxylic acids is 4. The highest BCUT2D eigenvalue weighted by Gasteiger charge is 2.43. The SMILES string of the molecule is CC(C)NC(=O)N[C@@H](C(=O)N1CCN(C)CC1)[C@@H](C)c1ccc(NC(=O)[C@](C)(NC(=O)c2ccnn2C(C)C)C2CCCCCC2)c(F)c1. The summed E-state index contributed by atoms with van der Waals surface area (Å²) in [6.07, 6.45) is 7.06. The number of amides is 5. The fraction of sp³-hybridized carbons (Fsp3) is 0.639. The summed E-state index contributed by atoms with van der Waals surface area (Å²) in [7, 11) is 1.99. The van der Waals surface area contributed by atoms with E-state index < -0.39 is 41.2 Å². The Balaban J connectivity index is 1.57. The molecule has 2 fully saturated rings. The number of aromatic nitrogens is 2. The lowest BCUT2D eigenvalue weighted by Gasteiger charge is -2.37. The van der Waals surface area contributed by atoms with Gasteiger partial charge in [-0.3, -0.25) is 19.1 Å². The number of hydrogen-bond acceptors (Lipinski definition) is 6. The van der Waals surface area contributed by atoms with Crippen LogP contribution in [0.2, 0.25) is 0 Å². The number of urea groups is 1. The molecule has 1 aliphatic carbocycles. The lowest BCUT2D eigenvalue weighted by atomic mass is 9.79. The van der Waals surface area contributed by atoms with E-state index in [-0.39, 0.29) is 29.6 Å². The molecule has 0 bridgehead atoms. The fourth-order valence-electron chi connectivity index (χ4n) is 6.84. The smallest absolute Gasteiger partial charge is 0.315 e. The minimum atomic E-state index is -1.32. The molecule has 2 aromatic rings. The van der Waals surface area contributed by atoms with Gasteiger partial charge in [0, 0.05) is 50.4 Å². The Morgan fingerprint density at radius 1 is 0.918 bits per heavy atom. The predicted octanol–water partition coefficient (Wildman–Crippen LogP) is 4.65. The molecule has 4 rings (SSSR count). The van der Waals surface area contributed by atoms with Crippen LogP contribution in [0.4, 0.5) is 14.9 Å². The van der Waals surface area contributed by atoms with Crippen molar-refractivity contribution < 1.29 is 23.6 Å². The van der Waals surface area contributed by atoms with E-state index in [0.717, 1.165) is 51.6 Å². The van der Waals surface area contributed by atoms with E-state index in [1.165, 1.54) is 12.1 Å². The van der Waals surface area contributed by atoms with Gasteiger partial charge in [-0.1, -0.05) is 38.7 Å². The van der Waals surface area contributed by atoms with Gasteiger partial charge in [-0.15, -0.1) is 0 Å². The van der Waals surface area contributed by atoms with E-state index in [1.54, 1.807) is 41.8 Å². The molecular weight excluding hydrogens is 627 g/mol. The number of carbonyl (C=O) groups is 4. The van der Waals surface area contributed by atoms with Gasteiger partial charge in [0.25, 0.3) is 5.91 Å². The number of piperazine rings is 1. The van der Waals surface area contributed by atoms with E-state index >= 15 is 4.39 Å². The number of halogens is 1. The van der Waals surface area contributed by atoms with Crippen molar-refractivity contribution in [3.63, 3.8) is 0 Å². The second-order valence-electron chi connectivity index (χ2n) is 14.5. The van der Waals surface area contributed by atoms with E-state index in [4.69, 9.17) is 0 Å². The highest BCUT2D eigenvalue weighted by atomic mass is 19.1. The van der Waals surface area contributed by atoms with Crippen molar-refractivity contribution >= 4 is 29.4 Å². The Morgan fingerprint density at radius 2 is 1.57 bits per heavy atom. The molecule has 1 aromatic carbocycles. The summed E-state index contributed by atoms with van der Waals surface area (Å²) in [6.45, 7) is 13.5. The van der Waals surface area contributed by atoms with Gasteiger partial charge in [0.2, 0.25) is 11.8 Å². The van der Waals surface area contributed by atoms with Crippen LogP contribution in [-0.2, 0) is 9.59 Å². The van der Waals surface area contributed by atoms with Gasteiger partial charge in [0.05, 0.1) is 5.69 Å². The largest absolute Gasteiger partial charge is 0.338 e. The molecule has 0 radical (unpaired) electrons. The number of hydrogen-bond donors (Lipinski definition) is 4. The van der Waals surface area contributed by atoms with Crippen LogP contribution in [0.25, 0.3) is 0 Å². The molecule has 270 valence electrons. The number of rotatable bonds is 11. The van der Waals surface area contributed by atoms with Crippen LogP contribution >= 0.6 is 0 Å². The third-order valence-corrected chi connectivity index (χ3v) is 9.96. The maximum absolute atomic E-state index is 15.9. The Morgan fingerprint density at radius 3 is 2.16 bits per heavy atom. The van der Waals surface area contributed by atoms with Crippen LogP contribution in [-0.4, -0.2) is 94.2 Å². The highest BCUT2D eigenvalue weighted by molar-refractivity contribution is 6.03. The van der Waals surface area contributed by atoms with Gasteiger partial charge in [-0.2, -0.15) is 5.10 Å². The fourth-order valence-corrected chi connectivity index (χ4v) is 6.84. The van der Waals surface area contributed by atoms with Crippen LogP contribution in [0, 0.1) is 11.7 Å². The molecule has 1 aromatic heterocycles. The quantitative estimate of drug-likeness (QED) is 0.255. The summed E-state index contributed by atoms with van der Waals surface area (Å²) in [6, 6.07) is 4.47. The first kappa shape index (κ1) is 37.8. The van der Waals surface area contributed by atoms with Gasteiger partial charge >= 0.3 is 6.03 Å². The first-order chi connectivity index (χ1) is 23.2. The number of benzene rings is 1. The summed E-state index contributed by atoms with van der Waals surface area (Å²) >= 11 is 0. The Kier molecular flexibility index (Phi) is 12.8. The minimum Gasteiger partial charge on any atom is -0.338 e. The van der Waals surface area contributed by atoms with E-state index in [0.29, 0.717) is 24.3 Å². The molecule has 3 atom stereocenters. The predicted molar refractivity (Wildman–Crippen MR) is 188 cm³/mol. The average molecular weight is 683 g/mol. The molecule has 2 heterocycles. The van der Waals surface area contributed by atoms with Crippen molar-refractivity contribution in [3.8, 4) is 0 Å². The zero-order valence-corrected chi connectivity index (χ0v) is 30.1. The van der Waals surface area contributed by atoms with Crippen LogP contribution in [0.1, 0.15) is 108 Å². The number of anilines is 1. The van der Waals surface area contributed by atoms with Crippen molar-refractivity contribution in [1.29, 1.82) is 0 Å². The molecule has 4 N–H and O–H groups in total. The second-order valence-corrected chi connectivity index (χ2v) is 14.5. The van der Waals surface area contributed by atoms with Crippen LogP contribution in [0.5, 0.6) is 0 Å². The van der Waals surface area contributed by atoms with Crippen molar-refractivity contribution in [2.75, 3.05) is 38.5 Å². The number of nitrogens with zero attached hydrogens (tertiary/aromatic N) is 4. The molecule has 1 saturated heterocycles. The molecule has 49 heavy (non-hydrogen) atoms. The number of nitrogens with one attached hydrogen (secondary N) is 4. The maximum atomic E-state index is 15.9. The van der Waals surface area contributed by atoms with Crippen molar-refractivity contribution in [2.45, 2.75) is 110 Å². The van der Waals surface area contributed by atoms with Gasteiger partial charge in [0.1, 0.15) is 23.1 Å². The van der Waals surface area contributed by atoms with Gasteiger partial charge in [0.15, 0.2) is 0 Å². The second kappa shape index (κ2) is 16.6. The summed E-state index contributed by atoms with van der Waals surface area (Å²) in [5.74, 6) is -2.55. The normalized spacial score (nSPS) is 18.7. The van der Waals surface area contributed by atoms with Crippen LogP contribution < -0.4 is 21.3 Å². The molecular formula is C36H55FN8O4. The molecule has 5 amide bonds. The van der Waals surface area contributed by atoms with Gasteiger partial charge in [-0.05, 0) is 84.2 Å². The molecule has 2 aliphatic rings. The maximum Gasteiger partial charge on any atom is 0.315 e. The van der Waals surface area contributed by atoms with Crippen molar-refractivity contribution in [1.82, 2.24) is 35.5 Å². The average Bonchev–Trinajstić information content (AvgIpc) is 3.39. The summed E-state index contributed by atoms with van der Waals surface area (Å²) in [5, 5.41) is 15.7. The Labute approximate surface area is 289 Å². The zero-order valence-electron chi connectivity index (χ0n) is 30.1.